The summed E-state index contributed by atoms with van der Waals surface area (Å²) in [6, 6.07) is 0. The fraction of sp³-hybridized carbons (Fsp3) is 0.444. The van der Waals surface area contributed by atoms with Crippen LogP contribution in [0.5, 0.6) is 0 Å². The Morgan fingerprint density at radius 2 is 2.25 bits per heavy atom. The normalized spacial score (nSPS) is 13.0. The van der Waals surface area contributed by atoms with Crippen LogP contribution in [0.4, 0.5) is 0 Å². The van der Waals surface area contributed by atoms with Gasteiger partial charge in [0.2, 0.25) is 0 Å². The summed E-state index contributed by atoms with van der Waals surface area (Å²) in [6.07, 6.45) is 3.78. The van der Waals surface area contributed by atoms with Gasteiger partial charge < -0.3 is 5.11 Å². The maximum atomic E-state index is 9.57. The Morgan fingerprint density at radius 3 is 2.83 bits per heavy atom. The number of aliphatic hydroxyl groups excluding tert-OH is 1. The number of rotatable bonds is 2. The van der Waals surface area contributed by atoms with Crippen molar-refractivity contribution in [2.24, 2.45) is 0 Å². The van der Waals surface area contributed by atoms with E-state index >= 15 is 0 Å². The molecule has 66 valence electrons. The van der Waals surface area contributed by atoms with E-state index in [4.69, 9.17) is 0 Å². The van der Waals surface area contributed by atoms with Crippen LogP contribution in [-0.2, 0) is 0 Å². The largest absolute Gasteiger partial charge is 0.388 e. The highest BCUT2D eigenvalue weighted by atomic mass is 79.9. The molecule has 0 fully saturated rings. The zero-order valence-electron chi connectivity index (χ0n) is 7.21. The molecule has 1 atom stereocenters. The first-order valence-corrected chi connectivity index (χ1v) is 4.74. The zero-order valence-corrected chi connectivity index (χ0v) is 8.80. The van der Waals surface area contributed by atoms with Gasteiger partial charge in [-0.3, -0.25) is 4.98 Å². The number of hydrogen-bond acceptors (Lipinski definition) is 2. The Kier molecular flexibility index (Phi) is 3.23. The standard InChI is InChI=1S/C9H12BrNO/c1-3-9(12)7-4-11-5-8(10)6(7)2/h4-5,9,12H,3H2,1-2H3. The number of aliphatic hydroxyl groups is 1. The van der Waals surface area contributed by atoms with Crippen LogP contribution >= 0.6 is 15.9 Å². The molecule has 2 nitrogen and oxygen atoms in total. The summed E-state index contributed by atoms with van der Waals surface area (Å²) in [5, 5.41) is 9.57. The number of nitrogens with zero attached hydrogens (tertiary/aromatic N) is 1. The lowest BCUT2D eigenvalue weighted by Gasteiger charge is -2.11. The highest BCUT2D eigenvalue weighted by Gasteiger charge is 2.09. The lowest BCUT2D eigenvalue weighted by Crippen LogP contribution is -1.99. The average Bonchev–Trinajstić information content (AvgIpc) is 2.08. The summed E-state index contributed by atoms with van der Waals surface area (Å²) >= 11 is 3.37. The Bertz CT molecular complexity index is 275. The third kappa shape index (κ3) is 1.84. The molecule has 0 spiro atoms. The number of halogens is 1. The van der Waals surface area contributed by atoms with E-state index in [1.54, 1.807) is 12.4 Å². The lowest BCUT2D eigenvalue weighted by molar-refractivity contribution is 0.172. The van der Waals surface area contributed by atoms with E-state index in [9.17, 15) is 5.11 Å². The van der Waals surface area contributed by atoms with E-state index in [0.29, 0.717) is 0 Å². The van der Waals surface area contributed by atoms with Gasteiger partial charge in [-0.2, -0.15) is 0 Å². The van der Waals surface area contributed by atoms with Crippen molar-refractivity contribution in [2.45, 2.75) is 26.4 Å². The summed E-state index contributed by atoms with van der Waals surface area (Å²) in [5.74, 6) is 0. The van der Waals surface area contributed by atoms with Gasteiger partial charge in [-0.1, -0.05) is 6.92 Å². The molecule has 0 bridgehead atoms. The van der Waals surface area contributed by atoms with Crippen molar-refractivity contribution in [2.75, 3.05) is 0 Å². The first-order chi connectivity index (χ1) is 5.66. The summed E-state index contributed by atoms with van der Waals surface area (Å²) in [7, 11) is 0. The molecule has 0 amide bonds. The van der Waals surface area contributed by atoms with E-state index < -0.39 is 6.10 Å². The SMILES string of the molecule is CCC(O)c1cncc(Br)c1C. The Balaban J connectivity index is 3.07. The Morgan fingerprint density at radius 1 is 1.58 bits per heavy atom. The molecule has 0 aromatic carbocycles. The minimum absolute atomic E-state index is 0.394. The van der Waals surface area contributed by atoms with Crippen LogP contribution in [0.25, 0.3) is 0 Å². The minimum atomic E-state index is -0.394. The smallest absolute Gasteiger partial charge is 0.0805 e. The van der Waals surface area contributed by atoms with Gasteiger partial charge >= 0.3 is 0 Å². The quantitative estimate of drug-likeness (QED) is 0.846. The van der Waals surface area contributed by atoms with Crippen LogP contribution in [-0.4, -0.2) is 10.1 Å². The van der Waals surface area contributed by atoms with Crippen LogP contribution in [0.3, 0.4) is 0 Å². The predicted octanol–water partition coefficient (Wildman–Crippen LogP) is 2.60. The average molecular weight is 230 g/mol. The van der Waals surface area contributed by atoms with Crippen molar-refractivity contribution in [3.8, 4) is 0 Å². The van der Waals surface area contributed by atoms with Gasteiger partial charge in [-0.15, -0.1) is 0 Å². The molecule has 1 heterocycles. The van der Waals surface area contributed by atoms with Crippen LogP contribution in [0.15, 0.2) is 16.9 Å². The van der Waals surface area contributed by atoms with Gasteiger partial charge in [0.25, 0.3) is 0 Å². The van der Waals surface area contributed by atoms with Crippen LogP contribution < -0.4 is 0 Å². The zero-order chi connectivity index (χ0) is 9.14. The maximum absolute atomic E-state index is 9.57. The highest BCUT2D eigenvalue weighted by Crippen LogP contribution is 2.24. The number of hydrogen-bond donors (Lipinski definition) is 1. The Labute approximate surface area is 80.8 Å². The van der Waals surface area contributed by atoms with E-state index in [1.165, 1.54) is 0 Å². The van der Waals surface area contributed by atoms with Gasteiger partial charge in [0.1, 0.15) is 0 Å². The van der Waals surface area contributed by atoms with Gasteiger partial charge in [-0.05, 0) is 34.8 Å². The third-order valence-electron chi connectivity index (χ3n) is 1.94. The molecule has 1 aromatic rings. The van der Waals surface area contributed by atoms with E-state index in [0.717, 1.165) is 22.0 Å². The first kappa shape index (κ1) is 9.68. The van der Waals surface area contributed by atoms with Crippen molar-refractivity contribution in [1.82, 2.24) is 4.98 Å². The van der Waals surface area contributed by atoms with Gasteiger partial charge in [0, 0.05) is 22.4 Å². The van der Waals surface area contributed by atoms with Crippen LogP contribution in [0.2, 0.25) is 0 Å². The van der Waals surface area contributed by atoms with Crippen molar-refractivity contribution in [3.63, 3.8) is 0 Å². The molecule has 1 aromatic heterocycles. The molecular formula is C9H12BrNO. The molecule has 12 heavy (non-hydrogen) atoms. The molecule has 0 aliphatic rings. The van der Waals surface area contributed by atoms with Gasteiger partial charge in [0.15, 0.2) is 0 Å². The second kappa shape index (κ2) is 4.01. The summed E-state index contributed by atoms with van der Waals surface area (Å²) < 4.78 is 0.951. The molecule has 0 radical (unpaired) electrons. The monoisotopic (exact) mass is 229 g/mol. The topological polar surface area (TPSA) is 33.1 Å². The van der Waals surface area contributed by atoms with Crippen molar-refractivity contribution in [1.29, 1.82) is 0 Å². The number of pyridine rings is 1. The van der Waals surface area contributed by atoms with Crippen LogP contribution in [0.1, 0.15) is 30.6 Å². The summed E-state index contributed by atoms with van der Waals surface area (Å²) in [5.41, 5.74) is 1.98. The maximum Gasteiger partial charge on any atom is 0.0805 e. The lowest BCUT2D eigenvalue weighted by atomic mass is 10.1. The Hall–Kier alpha value is -0.410. The van der Waals surface area contributed by atoms with Crippen molar-refractivity contribution < 1.29 is 5.11 Å². The molecule has 1 unspecified atom stereocenters. The third-order valence-corrected chi connectivity index (χ3v) is 2.74. The van der Waals surface area contributed by atoms with E-state index in [-0.39, 0.29) is 0 Å². The molecule has 1 rings (SSSR count). The fourth-order valence-corrected chi connectivity index (χ4v) is 1.42. The summed E-state index contributed by atoms with van der Waals surface area (Å²) in [6.45, 7) is 3.92. The van der Waals surface area contributed by atoms with E-state index in [1.807, 2.05) is 13.8 Å². The highest BCUT2D eigenvalue weighted by molar-refractivity contribution is 9.10. The second-order valence-corrected chi connectivity index (χ2v) is 3.61. The van der Waals surface area contributed by atoms with Gasteiger partial charge in [0.05, 0.1) is 6.10 Å². The second-order valence-electron chi connectivity index (χ2n) is 2.76. The molecule has 0 saturated heterocycles. The molecule has 3 heteroatoms. The molecular weight excluding hydrogens is 218 g/mol. The van der Waals surface area contributed by atoms with Gasteiger partial charge in [-0.25, -0.2) is 0 Å². The fourth-order valence-electron chi connectivity index (χ4n) is 1.07. The minimum Gasteiger partial charge on any atom is -0.388 e. The summed E-state index contributed by atoms with van der Waals surface area (Å²) in [4.78, 5) is 4.01. The van der Waals surface area contributed by atoms with Crippen molar-refractivity contribution in [3.05, 3.63) is 28.0 Å². The molecule has 1 N–H and O–H groups in total. The van der Waals surface area contributed by atoms with Crippen molar-refractivity contribution >= 4 is 15.9 Å². The predicted molar refractivity (Wildman–Crippen MR) is 51.9 cm³/mol. The molecule has 0 aliphatic carbocycles. The molecule has 0 aliphatic heterocycles. The first-order valence-electron chi connectivity index (χ1n) is 3.94. The molecule has 0 saturated carbocycles. The number of aromatic nitrogens is 1. The van der Waals surface area contributed by atoms with Crippen LogP contribution in [0, 0.1) is 6.92 Å². The van der Waals surface area contributed by atoms with E-state index in [2.05, 4.69) is 20.9 Å².